The minimum atomic E-state index is -3.81. The summed E-state index contributed by atoms with van der Waals surface area (Å²) in [7, 11) is -3.81. The third-order valence-corrected chi connectivity index (χ3v) is 4.00. The molecule has 0 atom stereocenters. The first-order valence-corrected chi connectivity index (χ1v) is 8.42. The number of rotatable bonds is 6. The van der Waals surface area contributed by atoms with Crippen molar-refractivity contribution in [3.63, 3.8) is 0 Å². The molecule has 5 nitrogen and oxygen atoms in total. The minimum Gasteiger partial charge on any atom is -0.491 e. The van der Waals surface area contributed by atoms with Crippen molar-refractivity contribution >= 4 is 16.2 Å². The first-order valence-electron chi connectivity index (χ1n) is 6.94. The molecule has 23 heavy (non-hydrogen) atoms. The zero-order chi connectivity index (χ0) is 16.9. The van der Waals surface area contributed by atoms with Gasteiger partial charge in [-0.05, 0) is 67.9 Å². The number of benzene rings is 2. The van der Waals surface area contributed by atoms with Gasteiger partial charge in [-0.25, -0.2) is 9.22 Å². The van der Waals surface area contributed by atoms with E-state index in [9.17, 15) is 12.8 Å². The number of hydrogen-bond acceptors (Lipinski definition) is 4. The molecule has 2 aromatic carbocycles. The van der Waals surface area contributed by atoms with Crippen LogP contribution >= 0.6 is 0 Å². The van der Waals surface area contributed by atoms with Crippen molar-refractivity contribution in [1.82, 2.24) is 4.83 Å². The molecule has 0 heterocycles. The number of nitrogens with zero attached hydrogens (tertiary/aromatic N) is 1. The molecule has 0 radical (unpaired) electrons. The zero-order valence-corrected chi connectivity index (χ0v) is 13.5. The molecule has 0 spiro atoms. The fraction of sp³-hybridized carbons (Fsp3) is 0.188. The van der Waals surface area contributed by atoms with Crippen LogP contribution < -0.4 is 9.57 Å². The lowest BCUT2D eigenvalue weighted by Crippen LogP contribution is -2.18. The summed E-state index contributed by atoms with van der Waals surface area (Å²) in [6.07, 6.45) is 1.46. The minimum absolute atomic E-state index is 0.0586. The highest BCUT2D eigenvalue weighted by molar-refractivity contribution is 7.89. The fourth-order valence-electron chi connectivity index (χ4n) is 1.74. The van der Waals surface area contributed by atoms with Crippen molar-refractivity contribution < 1.29 is 17.5 Å². The molecule has 0 aliphatic rings. The van der Waals surface area contributed by atoms with Crippen LogP contribution in [-0.2, 0) is 10.0 Å². The fourth-order valence-corrected chi connectivity index (χ4v) is 2.53. The Labute approximate surface area is 134 Å². The summed E-state index contributed by atoms with van der Waals surface area (Å²) in [6, 6.07) is 11.6. The van der Waals surface area contributed by atoms with E-state index in [-0.39, 0.29) is 11.0 Å². The molecule has 0 saturated heterocycles. The second-order valence-electron chi connectivity index (χ2n) is 5.04. The number of hydrogen-bond donors (Lipinski definition) is 1. The average Bonchev–Trinajstić information content (AvgIpc) is 2.49. The maximum atomic E-state index is 12.8. The van der Waals surface area contributed by atoms with E-state index in [1.54, 1.807) is 24.3 Å². The number of sulfonamides is 1. The molecule has 2 aromatic rings. The van der Waals surface area contributed by atoms with Gasteiger partial charge in [0.2, 0.25) is 0 Å². The Morgan fingerprint density at radius 1 is 1.09 bits per heavy atom. The molecule has 0 unspecified atom stereocenters. The number of hydrazone groups is 1. The summed E-state index contributed by atoms with van der Waals surface area (Å²) >= 11 is 0. The van der Waals surface area contributed by atoms with Crippen molar-refractivity contribution in [3.8, 4) is 5.75 Å². The van der Waals surface area contributed by atoms with E-state index in [0.29, 0.717) is 5.56 Å². The molecule has 0 aromatic heterocycles. The predicted molar refractivity (Wildman–Crippen MR) is 86.5 cm³/mol. The van der Waals surface area contributed by atoms with Crippen LogP contribution in [0.4, 0.5) is 4.39 Å². The maximum absolute atomic E-state index is 12.8. The highest BCUT2D eigenvalue weighted by Crippen LogP contribution is 2.13. The SMILES string of the molecule is CC(C)Oc1ccc(/C=N/NS(=O)(=O)c2ccc(F)cc2)cc1. The van der Waals surface area contributed by atoms with E-state index in [0.717, 1.165) is 17.9 Å². The Hall–Kier alpha value is -2.41. The standard InChI is InChI=1S/C16H17FN2O3S/c1-12(2)22-15-7-3-13(4-8-15)11-18-19-23(20,21)16-9-5-14(17)6-10-16/h3-12,19H,1-2H3/b18-11+. The van der Waals surface area contributed by atoms with Crippen LogP contribution in [0, 0.1) is 5.82 Å². The first kappa shape index (κ1) is 17.0. The van der Waals surface area contributed by atoms with Gasteiger partial charge in [-0.15, -0.1) is 0 Å². The lowest BCUT2D eigenvalue weighted by atomic mass is 10.2. The lowest BCUT2D eigenvalue weighted by Gasteiger charge is -2.09. The molecular weight excluding hydrogens is 319 g/mol. The molecule has 0 aliphatic heterocycles. The largest absolute Gasteiger partial charge is 0.491 e. The van der Waals surface area contributed by atoms with E-state index in [2.05, 4.69) is 9.93 Å². The Morgan fingerprint density at radius 3 is 2.26 bits per heavy atom. The van der Waals surface area contributed by atoms with Crippen LogP contribution in [0.2, 0.25) is 0 Å². The third kappa shape index (κ3) is 5.07. The second-order valence-corrected chi connectivity index (χ2v) is 6.70. The number of halogens is 1. The topological polar surface area (TPSA) is 67.8 Å². The summed E-state index contributed by atoms with van der Waals surface area (Å²) in [5, 5.41) is 3.71. The van der Waals surface area contributed by atoms with Gasteiger partial charge < -0.3 is 4.74 Å². The van der Waals surface area contributed by atoms with Gasteiger partial charge in [-0.3, -0.25) is 0 Å². The van der Waals surface area contributed by atoms with Crippen LogP contribution in [0.5, 0.6) is 5.75 Å². The molecule has 0 amide bonds. The normalized spacial score (nSPS) is 11.8. The monoisotopic (exact) mass is 336 g/mol. The van der Waals surface area contributed by atoms with Gasteiger partial charge in [-0.2, -0.15) is 13.5 Å². The lowest BCUT2D eigenvalue weighted by molar-refractivity contribution is 0.242. The van der Waals surface area contributed by atoms with Gasteiger partial charge in [0.1, 0.15) is 11.6 Å². The quantitative estimate of drug-likeness (QED) is 0.651. The Kier molecular flexibility index (Phi) is 5.33. The van der Waals surface area contributed by atoms with E-state index < -0.39 is 15.8 Å². The maximum Gasteiger partial charge on any atom is 0.276 e. The molecule has 0 fully saturated rings. The van der Waals surface area contributed by atoms with Gasteiger partial charge in [0.05, 0.1) is 17.2 Å². The highest BCUT2D eigenvalue weighted by atomic mass is 32.2. The number of ether oxygens (including phenoxy) is 1. The van der Waals surface area contributed by atoms with E-state index >= 15 is 0 Å². The van der Waals surface area contributed by atoms with E-state index in [1.807, 2.05) is 13.8 Å². The van der Waals surface area contributed by atoms with Crippen molar-refractivity contribution in [3.05, 3.63) is 59.9 Å². The van der Waals surface area contributed by atoms with E-state index in [4.69, 9.17) is 4.74 Å². The second kappa shape index (κ2) is 7.23. The van der Waals surface area contributed by atoms with Crippen LogP contribution in [0.3, 0.4) is 0 Å². The average molecular weight is 336 g/mol. The molecule has 122 valence electrons. The van der Waals surface area contributed by atoms with Crippen LogP contribution in [0.1, 0.15) is 19.4 Å². The Bertz CT molecular complexity index is 770. The summed E-state index contributed by atoms with van der Waals surface area (Å²) in [6.45, 7) is 3.86. The summed E-state index contributed by atoms with van der Waals surface area (Å²) in [5.41, 5.74) is 0.711. The summed E-state index contributed by atoms with van der Waals surface area (Å²) in [4.78, 5) is 2.02. The van der Waals surface area contributed by atoms with Gasteiger partial charge in [0.15, 0.2) is 0 Å². The van der Waals surface area contributed by atoms with Crippen molar-refractivity contribution in [2.75, 3.05) is 0 Å². The molecule has 2 rings (SSSR count). The zero-order valence-electron chi connectivity index (χ0n) is 12.7. The summed E-state index contributed by atoms with van der Waals surface area (Å²) < 4.78 is 42.2. The number of nitrogens with one attached hydrogen (secondary N) is 1. The molecule has 7 heteroatoms. The molecule has 0 bridgehead atoms. The highest BCUT2D eigenvalue weighted by Gasteiger charge is 2.12. The van der Waals surface area contributed by atoms with Gasteiger partial charge in [0, 0.05) is 0 Å². The van der Waals surface area contributed by atoms with Crippen molar-refractivity contribution in [2.45, 2.75) is 24.8 Å². The van der Waals surface area contributed by atoms with Crippen LogP contribution in [-0.4, -0.2) is 20.7 Å². The Morgan fingerprint density at radius 2 is 1.70 bits per heavy atom. The predicted octanol–water partition coefficient (Wildman–Crippen LogP) is 2.93. The molecule has 0 saturated carbocycles. The third-order valence-electron chi connectivity index (χ3n) is 2.76. The van der Waals surface area contributed by atoms with Crippen LogP contribution in [0.25, 0.3) is 0 Å². The van der Waals surface area contributed by atoms with Gasteiger partial charge in [-0.1, -0.05) is 0 Å². The molecule has 0 aliphatic carbocycles. The van der Waals surface area contributed by atoms with Crippen molar-refractivity contribution in [2.24, 2.45) is 5.10 Å². The van der Waals surface area contributed by atoms with Crippen LogP contribution in [0.15, 0.2) is 58.5 Å². The van der Waals surface area contributed by atoms with Crippen molar-refractivity contribution in [1.29, 1.82) is 0 Å². The Balaban J connectivity index is 2.01. The molecular formula is C16H17FN2O3S. The molecule has 1 N–H and O–H groups in total. The van der Waals surface area contributed by atoms with Gasteiger partial charge >= 0.3 is 0 Å². The van der Waals surface area contributed by atoms with Gasteiger partial charge in [0.25, 0.3) is 10.0 Å². The van der Waals surface area contributed by atoms with E-state index in [1.165, 1.54) is 18.3 Å². The smallest absolute Gasteiger partial charge is 0.276 e. The first-order chi connectivity index (χ1) is 10.9. The summed E-state index contributed by atoms with van der Waals surface area (Å²) in [5.74, 6) is 0.222.